The van der Waals surface area contributed by atoms with Gasteiger partial charge in [-0.15, -0.1) is 0 Å². The summed E-state index contributed by atoms with van der Waals surface area (Å²) in [7, 11) is 0. The summed E-state index contributed by atoms with van der Waals surface area (Å²) in [6, 6.07) is 1.60. The van der Waals surface area contributed by atoms with Crippen molar-refractivity contribution in [3.63, 3.8) is 0 Å². The number of nitrogens with zero attached hydrogens (tertiary/aromatic N) is 6. The molecule has 29 heavy (non-hydrogen) atoms. The maximum atomic E-state index is 10.5. The molecule has 3 aromatic heterocycles. The minimum absolute atomic E-state index is 0.241. The van der Waals surface area contributed by atoms with Gasteiger partial charge in [-0.05, 0) is 6.07 Å². The monoisotopic (exact) mass is 438 g/mol. The van der Waals surface area contributed by atoms with Gasteiger partial charge in [-0.2, -0.15) is 11.8 Å². The molecule has 1 aliphatic rings. The second-order valence-corrected chi connectivity index (χ2v) is 7.87. The van der Waals surface area contributed by atoms with Crippen LogP contribution < -0.4 is 11.1 Å². The topological polar surface area (TPSA) is 157 Å². The number of nitrogens with two attached hydrogens (primary N) is 1. The molecule has 11 nitrogen and oxygen atoms in total. The molecule has 0 aliphatic carbocycles. The molecular formula is C16H19ClN8O3S. The van der Waals surface area contributed by atoms with Crippen molar-refractivity contribution in [2.45, 2.75) is 24.5 Å². The number of imidazole rings is 1. The Morgan fingerprint density at radius 1 is 1.24 bits per heavy atom. The van der Waals surface area contributed by atoms with E-state index in [2.05, 4.69) is 30.2 Å². The van der Waals surface area contributed by atoms with Gasteiger partial charge in [0.1, 0.15) is 29.2 Å². The third kappa shape index (κ3) is 4.21. The van der Waals surface area contributed by atoms with Crippen molar-refractivity contribution in [1.82, 2.24) is 29.5 Å². The number of hydrogen-bond donors (Lipinski definition) is 4. The summed E-state index contributed by atoms with van der Waals surface area (Å²) < 4.78 is 7.46. The molecule has 1 fully saturated rings. The van der Waals surface area contributed by atoms with Crippen LogP contribution in [0.15, 0.2) is 24.9 Å². The zero-order valence-corrected chi connectivity index (χ0v) is 16.7. The number of anilines is 2. The highest BCUT2D eigenvalue weighted by atomic mass is 35.5. The van der Waals surface area contributed by atoms with Crippen LogP contribution in [0.2, 0.25) is 5.15 Å². The Labute approximate surface area is 174 Å². The van der Waals surface area contributed by atoms with Gasteiger partial charge in [0, 0.05) is 24.2 Å². The van der Waals surface area contributed by atoms with Gasteiger partial charge in [-0.1, -0.05) is 11.6 Å². The fraction of sp³-hybridized carbons (Fsp3) is 0.438. The number of aliphatic hydroxyl groups is 2. The lowest BCUT2D eigenvalue weighted by molar-refractivity contribution is -0.0288. The average Bonchev–Trinajstić information content (AvgIpc) is 3.25. The molecule has 0 saturated carbocycles. The molecule has 13 heteroatoms. The number of aliphatic hydroxyl groups excluding tert-OH is 2. The van der Waals surface area contributed by atoms with E-state index in [1.807, 2.05) is 0 Å². The number of nitrogens with one attached hydrogen (secondary N) is 1. The molecule has 0 amide bonds. The summed E-state index contributed by atoms with van der Waals surface area (Å²) in [6.07, 6.45) is 0.860. The molecule has 5 N–H and O–H groups in total. The lowest BCUT2D eigenvalue weighted by Gasteiger charge is -2.16. The first kappa shape index (κ1) is 20.0. The Morgan fingerprint density at radius 3 is 2.93 bits per heavy atom. The molecule has 154 valence electrons. The summed E-state index contributed by atoms with van der Waals surface area (Å²) in [5.41, 5.74) is 6.66. The molecule has 0 spiro atoms. The van der Waals surface area contributed by atoms with E-state index in [1.54, 1.807) is 28.6 Å². The van der Waals surface area contributed by atoms with Gasteiger partial charge in [0.05, 0.1) is 12.4 Å². The summed E-state index contributed by atoms with van der Waals surface area (Å²) >= 11 is 7.38. The van der Waals surface area contributed by atoms with Crippen LogP contribution in [-0.2, 0) is 4.74 Å². The molecule has 4 heterocycles. The van der Waals surface area contributed by atoms with Crippen molar-refractivity contribution < 1.29 is 14.9 Å². The maximum absolute atomic E-state index is 10.5. The standard InChI is InChI=1S/C16H19ClN8O3S/c17-9-1-2-19-16(24-9)20-3-4-29-5-8-11(26)12(27)15(28-8)25-7-23-10-13(18)21-6-22-14(10)25/h1-2,6-8,11-12,15,26-27H,3-5H2,(H2,18,21,22)(H,19,20,24)/t8-,11-,12-,15+/m0/s1. The highest BCUT2D eigenvalue weighted by Gasteiger charge is 2.44. The highest BCUT2D eigenvalue weighted by molar-refractivity contribution is 7.99. The predicted octanol–water partition coefficient (Wildman–Crippen LogP) is 0.316. The first-order valence-corrected chi connectivity index (χ1v) is 10.3. The SMILES string of the molecule is Nc1ncnc2c1ncn2[C@@H]1O[C@@H](CSCCNc2nccc(Cl)n2)[C@H](O)[C@@H]1O. The van der Waals surface area contributed by atoms with Gasteiger partial charge in [-0.25, -0.2) is 24.9 Å². The second kappa shape index (κ2) is 8.63. The maximum Gasteiger partial charge on any atom is 0.224 e. The predicted molar refractivity (Wildman–Crippen MR) is 109 cm³/mol. The van der Waals surface area contributed by atoms with Gasteiger partial charge in [0.15, 0.2) is 17.7 Å². The van der Waals surface area contributed by atoms with Crippen molar-refractivity contribution in [2.24, 2.45) is 0 Å². The second-order valence-electron chi connectivity index (χ2n) is 6.33. The summed E-state index contributed by atoms with van der Waals surface area (Å²) in [4.78, 5) is 20.3. The summed E-state index contributed by atoms with van der Waals surface area (Å²) in [6.45, 7) is 0.613. The van der Waals surface area contributed by atoms with E-state index in [4.69, 9.17) is 22.1 Å². The number of aromatic nitrogens is 6. The Morgan fingerprint density at radius 2 is 2.10 bits per heavy atom. The number of rotatable bonds is 7. The molecular weight excluding hydrogens is 420 g/mol. The lowest BCUT2D eigenvalue weighted by atomic mass is 10.1. The number of thioether (sulfide) groups is 1. The first-order chi connectivity index (χ1) is 14.0. The molecule has 0 unspecified atom stereocenters. The number of nitrogen functional groups attached to an aromatic ring is 1. The van der Waals surface area contributed by atoms with Crippen molar-refractivity contribution in [2.75, 3.05) is 29.1 Å². The van der Waals surface area contributed by atoms with Crippen LogP contribution in [0.4, 0.5) is 11.8 Å². The van der Waals surface area contributed by atoms with Crippen molar-refractivity contribution in [3.05, 3.63) is 30.1 Å². The van der Waals surface area contributed by atoms with Crippen molar-refractivity contribution in [3.8, 4) is 0 Å². The molecule has 3 aromatic rings. The Kier molecular flexibility index (Phi) is 5.96. The van der Waals surface area contributed by atoms with E-state index in [1.165, 1.54) is 12.7 Å². The van der Waals surface area contributed by atoms with Crippen LogP contribution in [-0.4, -0.2) is 76.1 Å². The Balaban J connectivity index is 1.32. The average molecular weight is 439 g/mol. The zero-order chi connectivity index (χ0) is 20.4. The molecule has 1 aliphatic heterocycles. The van der Waals surface area contributed by atoms with Gasteiger partial charge in [-0.3, -0.25) is 4.57 Å². The zero-order valence-electron chi connectivity index (χ0n) is 15.1. The lowest BCUT2D eigenvalue weighted by Crippen LogP contribution is -2.32. The van der Waals surface area contributed by atoms with E-state index in [-0.39, 0.29) is 5.82 Å². The van der Waals surface area contributed by atoms with E-state index < -0.39 is 24.5 Å². The summed E-state index contributed by atoms with van der Waals surface area (Å²) in [5.74, 6) is 1.92. The van der Waals surface area contributed by atoms with Crippen molar-refractivity contribution in [1.29, 1.82) is 0 Å². The number of halogens is 1. The van der Waals surface area contributed by atoms with E-state index in [0.29, 0.717) is 34.6 Å². The Hall–Kier alpha value is -2.25. The van der Waals surface area contributed by atoms with Crippen LogP contribution >= 0.6 is 23.4 Å². The molecule has 1 saturated heterocycles. The van der Waals surface area contributed by atoms with Crippen LogP contribution in [0.5, 0.6) is 0 Å². The number of fused-ring (bicyclic) bond motifs is 1. The normalized spacial score (nSPS) is 24.2. The van der Waals surface area contributed by atoms with Gasteiger partial charge >= 0.3 is 0 Å². The van der Waals surface area contributed by atoms with E-state index in [9.17, 15) is 10.2 Å². The fourth-order valence-corrected chi connectivity index (χ4v) is 4.07. The van der Waals surface area contributed by atoms with Crippen molar-refractivity contribution >= 4 is 46.3 Å². The summed E-state index contributed by atoms with van der Waals surface area (Å²) in [5, 5.41) is 24.3. The largest absolute Gasteiger partial charge is 0.387 e. The quantitative estimate of drug-likeness (QED) is 0.297. The van der Waals surface area contributed by atoms with E-state index in [0.717, 1.165) is 5.75 Å². The third-order valence-electron chi connectivity index (χ3n) is 4.43. The van der Waals surface area contributed by atoms with Crippen LogP contribution in [0.3, 0.4) is 0 Å². The van der Waals surface area contributed by atoms with Crippen LogP contribution in [0.1, 0.15) is 6.23 Å². The molecule has 0 radical (unpaired) electrons. The molecule has 4 atom stereocenters. The van der Waals surface area contributed by atoms with E-state index >= 15 is 0 Å². The molecule has 0 aromatic carbocycles. The smallest absolute Gasteiger partial charge is 0.224 e. The molecule has 0 bridgehead atoms. The third-order valence-corrected chi connectivity index (χ3v) is 5.70. The van der Waals surface area contributed by atoms with Gasteiger partial charge in [0.2, 0.25) is 5.95 Å². The minimum atomic E-state index is -1.12. The fourth-order valence-electron chi connectivity index (χ4n) is 3.01. The van der Waals surface area contributed by atoms with Gasteiger partial charge < -0.3 is 26.0 Å². The first-order valence-electron chi connectivity index (χ1n) is 8.79. The van der Waals surface area contributed by atoms with Gasteiger partial charge in [0.25, 0.3) is 0 Å². The van der Waals surface area contributed by atoms with Crippen LogP contribution in [0.25, 0.3) is 11.2 Å². The highest BCUT2D eigenvalue weighted by Crippen LogP contribution is 2.33. The Bertz CT molecular complexity index is 992. The molecule has 4 rings (SSSR count). The minimum Gasteiger partial charge on any atom is -0.387 e. The number of hydrogen-bond acceptors (Lipinski definition) is 11. The van der Waals surface area contributed by atoms with Crippen LogP contribution in [0, 0.1) is 0 Å². The number of ether oxygens (including phenoxy) is 1.